The summed E-state index contributed by atoms with van der Waals surface area (Å²) in [4.78, 5) is 0. The number of aliphatic hydroxyl groups is 2. The molecule has 0 saturated carbocycles. The summed E-state index contributed by atoms with van der Waals surface area (Å²) in [5, 5.41) is 21.5. The van der Waals surface area contributed by atoms with Crippen molar-refractivity contribution in [2.75, 3.05) is 5.75 Å². The molecule has 6 nitrogen and oxygen atoms in total. The highest BCUT2D eigenvalue weighted by Crippen LogP contribution is 2.30. The van der Waals surface area contributed by atoms with Crippen molar-refractivity contribution >= 4 is 42.4 Å². The highest BCUT2D eigenvalue weighted by atomic mass is 32.2. The molecular formula is C15H16NO5S2+. The number of rotatable bonds is 5. The molecule has 0 atom stereocenters. The van der Waals surface area contributed by atoms with Crippen LogP contribution in [0.3, 0.4) is 0 Å². The fourth-order valence-corrected chi connectivity index (χ4v) is 4.26. The van der Waals surface area contributed by atoms with Crippen LogP contribution in [0.1, 0.15) is 17.7 Å². The third-order valence-electron chi connectivity index (χ3n) is 3.62. The molecular weight excluding hydrogens is 338 g/mol. The van der Waals surface area contributed by atoms with E-state index in [0.29, 0.717) is 5.01 Å². The average Bonchev–Trinajstić information content (AvgIpc) is 2.85. The first-order valence-electron chi connectivity index (χ1n) is 7.02. The lowest BCUT2D eigenvalue weighted by Gasteiger charge is -2.02. The van der Waals surface area contributed by atoms with E-state index in [-0.39, 0.29) is 18.7 Å². The third-order valence-corrected chi connectivity index (χ3v) is 5.61. The lowest BCUT2D eigenvalue weighted by Crippen LogP contribution is -2.38. The number of hydrogen-bond donors (Lipinski definition) is 3. The minimum absolute atomic E-state index is 0.179. The Labute approximate surface area is 137 Å². The summed E-state index contributed by atoms with van der Waals surface area (Å²) in [6.07, 6.45) is -1.46. The summed E-state index contributed by atoms with van der Waals surface area (Å²) in [7, 11) is -4.04. The maximum absolute atomic E-state index is 10.9. The molecule has 0 spiro atoms. The number of thiazole rings is 1. The number of aliphatic hydroxyl groups excluding tert-OH is 1. The van der Waals surface area contributed by atoms with Crippen molar-refractivity contribution in [1.29, 1.82) is 0 Å². The average molecular weight is 354 g/mol. The van der Waals surface area contributed by atoms with Gasteiger partial charge in [-0.05, 0) is 17.5 Å². The van der Waals surface area contributed by atoms with Crippen molar-refractivity contribution in [3.05, 3.63) is 41.4 Å². The van der Waals surface area contributed by atoms with Gasteiger partial charge in [0.05, 0.1) is 11.1 Å². The van der Waals surface area contributed by atoms with Crippen molar-refractivity contribution in [3.8, 4) is 0 Å². The van der Waals surface area contributed by atoms with Gasteiger partial charge in [0, 0.05) is 6.42 Å². The molecule has 0 saturated heterocycles. The van der Waals surface area contributed by atoms with Crippen LogP contribution in [0.4, 0.5) is 0 Å². The molecule has 0 amide bonds. The van der Waals surface area contributed by atoms with Crippen LogP contribution in [-0.4, -0.2) is 28.9 Å². The molecule has 3 N–H and O–H groups in total. The second-order valence-electron chi connectivity index (χ2n) is 5.24. The maximum Gasteiger partial charge on any atom is 0.295 e. The molecule has 2 aromatic carbocycles. The van der Waals surface area contributed by atoms with Gasteiger partial charge in [0.1, 0.15) is 4.70 Å². The molecule has 0 radical (unpaired) electrons. The summed E-state index contributed by atoms with van der Waals surface area (Å²) in [5.41, 5.74) is 0.839. The van der Waals surface area contributed by atoms with Crippen LogP contribution in [0.5, 0.6) is 0 Å². The molecule has 0 aliphatic heterocycles. The molecule has 1 heterocycles. The first kappa shape index (κ1) is 16.3. The van der Waals surface area contributed by atoms with Gasteiger partial charge < -0.3 is 10.2 Å². The van der Waals surface area contributed by atoms with Crippen LogP contribution in [-0.2, 0) is 16.7 Å². The molecule has 3 rings (SSSR count). The fraction of sp³-hybridized carbons (Fsp3) is 0.267. The Bertz CT molecular complexity index is 963. The minimum atomic E-state index is -4.04. The van der Waals surface area contributed by atoms with E-state index >= 15 is 0 Å². The Morgan fingerprint density at radius 2 is 1.87 bits per heavy atom. The van der Waals surface area contributed by atoms with Crippen molar-refractivity contribution in [2.45, 2.75) is 19.3 Å². The smallest absolute Gasteiger partial charge is 0.295 e. The Morgan fingerprint density at radius 3 is 2.57 bits per heavy atom. The summed E-state index contributed by atoms with van der Waals surface area (Å²) in [6, 6.07) is 11.6. The lowest BCUT2D eigenvalue weighted by atomic mass is 10.1. The standard InChI is InChI=1S/C15H15NO5S2/c17-15(18)14-16(8-3-9-23(19,20)21)13-11-5-2-1-4-10(11)6-7-12(13)22-14/h1-2,4-7,15,17-18H,3,8-9H2/p+1. The largest absolute Gasteiger partial charge is 0.359 e. The second-order valence-corrected chi connectivity index (χ2v) is 7.87. The zero-order valence-electron chi connectivity index (χ0n) is 12.1. The van der Waals surface area contributed by atoms with E-state index in [1.807, 2.05) is 36.4 Å². The van der Waals surface area contributed by atoms with E-state index in [9.17, 15) is 18.6 Å². The number of hydrogen-bond acceptors (Lipinski definition) is 5. The first-order valence-corrected chi connectivity index (χ1v) is 9.45. The number of benzene rings is 2. The van der Waals surface area contributed by atoms with E-state index in [1.54, 1.807) is 4.57 Å². The van der Waals surface area contributed by atoms with Gasteiger partial charge in [-0.25, -0.2) is 0 Å². The first-order chi connectivity index (χ1) is 10.9. The van der Waals surface area contributed by atoms with Crippen LogP contribution in [0.2, 0.25) is 0 Å². The van der Waals surface area contributed by atoms with Gasteiger partial charge in [-0.15, -0.1) is 0 Å². The fourth-order valence-electron chi connectivity index (χ4n) is 2.69. The van der Waals surface area contributed by atoms with Gasteiger partial charge in [-0.2, -0.15) is 13.0 Å². The van der Waals surface area contributed by atoms with E-state index in [4.69, 9.17) is 4.55 Å². The molecule has 1 aromatic heterocycles. The van der Waals surface area contributed by atoms with Gasteiger partial charge in [-0.3, -0.25) is 4.55 Å². The van der Waals surface area contributed by atoms with Crippen LogP contribution in [0.15, 0.2) is 36.4 Å². The molecule has 0 bridgehead atoms. The predicted octanol–water partition coefficient (Wildman–Crippen LogP) is 1.60. The van der Waals surface area contributed by atoms with Crippen LogP contribution >= 0.6 is 11.3 Å². The van der Waals surface area contributed by atoms with Gasteiger partial charge in [0.25, 0.3) is 21.4 Å². The van der Waals surface area contributed by atoms with E-state index in [0.717, 1.165) is 21.0 Å². The van der Waals surface area contributed by atoms with Gasteiger partial charge >= 0.3 is 0 Å². The summed E-state index contributed by atoms with van der Waals surface area (Å²) in [5.74, 6) is -0.372. The molecule has 3 aromatic rings. The molecule has 23 heavy (non-hydrogen) atoms. The summed E-state index contributed by atoms with van der Waals surface area (Å²) < 4.78 is 33.3. The van der Waals surface area contributed by atoms with E-state index < -0.39 is 16.4 Å². The molecule has 0 fully saturated rings. The predicted molar refractivity (Wildman–Crippen MR) is 87.7 cm³/mol. The summed E-state index contributed by atoms with van der Waals surface area (Å²) in [6.45, 7) is 0.265. The third kappa shape index (κ3) is 3.36. The Kier molecular flexibility index (Phi) is 4.35. The van der Waals surface area contributed by atoms with Gasteiger partial charge in [-0.1, -0.05) is 35.6 Å². The Balaban J connectivity index is 2.15. The zero-order chi connectivity index (χ0) is 16.6. The van der Waals surface area contributed by atoms with Crippen molar-refractivity contribution in [3.63, 3.8) is 0 Å². The van der Waals surface area contributed by atoms with Crippen molar-refractivity contribution < 1.29 is 27.8 Å². The molecule has 122 valence electrons. The topological polar surface area (TPSA) is 98.7 Å². The number of fused-ring (bicyclic) bond motifs is 3. The zero-order valence-corrected chi connectivity index (χ0v) is 13.7. The maximum atomic E-state index is 10.9. The molecule has 0 unspecified atom stereocenters. The SMILES string of the molecule is O=S(=O)(O)CCC[n+]1c(C(O)O)sc2ccc3ccccc3c21. The molecule has 0 aliphatic rings. The highest BCUT2D eigenvalue weighted by Gasteiger charge is 2.27. The normalized spacial score (nSPS) is 12.5. The molecule has 8 heteroatoms. The second kappa shape index (κ2) is 6.14. The van der Waals surface area contributed by atoms with Crippen LogP contribution in [0, 0.1) is 0 Å². The number of nitrogens with zero attached hydrogens (tertiary/aromatic N) is 1. The van der Waals surface area contributed by atoms with Crippen molar-refractivity contribution in [1.82, 2.24) is 0 Å². The molecule has 0 aliphatic carbocycles. The minimum Gasteiger partial charge on any atom is -0.359 e. The van der Waals surface area contributed by atoms with Crippen LogP contribution in [0.25, 0.3) is 21.0 Å². The highest BCUT2D eigenvalue weighted by molar-refractivity contribution is 7.85. The van der Waals surface area contributed by atoms with Gasteiger partial charge in [0.2, 0.25) is 5.52 Å². The van der Waals surface area contributed by atoms with Crippen LogP contribution < -0.4 is 4.57 Å². The van der Waals surface area contributed by atoms with E-state index in [1.165, 1.54) is 11.3 Å². The number of aromatic nitrogens is 1. The quantitative estimate of drug-likeness (QED) is 0.367. The Morgan fingerprint density at radius 1 is 1.13 bits per heavy atom. The lowest BCUT2D eigenvalue weighted by molar-refractivity contribution is -0.680. The summed E-state index contributed by atoms with van der Waals surface area (Å²) >= 11 is 1.26. The Hall–Kier alpha value is -1.58. The monoisotopic (exact) mass is 354 g/mol. The number of aryl methyl sites for hydroxylation is 1. The van der Waals surface area contributed by atoms with Gasteiger partial charge in [0.15, 0.2) is 6.54 Å². The van der Waals surface area contributed by atoms with E-state index in [2.05, 4.69) is 0 Å². The van der Waals surface area contributed by atoms with Crippen molar-refractivity contribution in [2.24, 2.45) is 0 Å².